The highest BCUT2D eigenvalue weighted by atomic mass is 32.2. The van der Waals surface area contributed by atoms with E-state index in [1.54, 1.807) is 12.1 Å². The van der Waals surface area contributed by atoms with E-state index >= 15 is 0 Å². The fourth-order valence-corrected chi connectivity index (χ4v) is 4.17. The van der Waals surface area contributed by atoms with Crippen LogP contribution in [0.4, 0.5) is 0 Å². The van der Waals surface area contributed by atoms with Gasteiger partial charge in [-0.1, -0.05) is 24.3 Å². The van der Waals surface area contributed by atoms with Gasteiger partial charge in [0.2, 0.25) is 29.1 Å². The Morgan fingerprint density at radius 2 is 1.30 bits per heavy atom. The van der Waals surface area contributed by atoms with Gasteiger partial charge in [-0.15, -0.1) is 0 Å². The summed E-state index contributed by atoms with van der Waals surface area (Å²) in [7, 11) is -4.97. The number of rotatable bonds is 13. The number of aromatic hydroxyl groups is 2. The van der Waals surface area contributed by atoms with Crippen molar-refractivity contribution < 1.29 is 47.5 Å². The Morgan fingerprint density at radius 3 is 1.77 bits per heavy atom. The summed E-state index contributed by atoms with van der Waals surface area (Å²) in [5, 5.41) is 38.3. The molecule has 0 aliphatic heterocycles. The standard InChI is InChI=1S/C25H32N4O10S/c1-14(23(34)29-21(25(36)40(37,38)39)12-17-5-9-19(32)10-6-17)27-22(33)13-26-24(35)20(28-15(2)30)11-16-3-7-18(31)8-4-16/h3-10,14,20-21,25,31-32,36H,11-13H2,1-2H3,(H,26,35)(H,27,33)(H,28,30)(H,29,34)(H,37,38,39)/t14-,20-,21?,25?/m0/s1. The predicted molar refractivity (Wildman–Crippen MR) is 141 cm³/mol. The van der Waals surface area contributed by atoms with E-state index in [0.29, 0.717) is 11.1 Å². The van der Waals surface area contributed by atoms with Crippen molar-refractivity contribution in [2.45, 2.75) is 50.3 Å². The first kappa shape index (κ1) is 32.0. The summed E-state index contributed by atoms with van der Waals surface area (Å²) < 4.78 is 32.3. The summed E-state index contributed by atoms with van der Waals surface area (Å²) in [5.74, 6) is -2.88. The molecule has 8 N–H and O–H groups in total. The monoisotopic (exact) mass is 580 g/mol. The maximum Gasteiger partial charge on any atom is 0.294 e. The molecule has 0 bridgehead atoms. The Labute approximate surface area is 230 Å². The Bertz CT molecular complexity index is 1300. The number of carbonyl (C=O) groups excluding carboxylic acids is 4. The van der Waals surface area contributed by atoms with E-state index in [-0.39, 0.29) is 24.3 Å². The van der Waals surface area contributed by atoms with E-state index in [0.717, 1.165) is 0 Å². The van der Waals surface area contributed by atoms with Crippen molar-refractivity contribution in [3.8, 4) is 11.5 Å². The molecule has 0 fully saturated rings. The second kappa shape index (κ2) is 14.3. The van der Waals surface area contributed by atoms with Crippen LogP contribution in [0.15, 0.2) is 48.5 Å². The number of benzene rings is 2. The fraction of sp³-hybridized carbons (Fsp3) is 0.360. The van der Waals surface area contributed by atoms with Crippen LogP contribution in [-0.4, -0.2) is 82.0 Å². The van der Waals surface area contributed by atoms with E-state index < -0.39 is 63.9 Å². The molecular formula is C25H32N4O10S. The van der Waals surface area contributed by atoms with Crippen molar-refractivity contribution in [3.05, 3.63) is 59.7 Å². The minimum Gasteiger partial charge on any atom is -0.508 e. The number of nitrogens with one attached hydrogen (secondary N) is 4. The predicted octanol–water partition coefficient (Wildman–Crippen LogP) is -1.30. The van der Waals surface area contributed by atoms with Crippen LogP contribution in [0, 0.1) is 0 Å². The molecule has 0 aromatic heterocycles. The maximum absolute atomic E-state index is 12.7. The van der Waals surface area contributed by atoms with Crippen LogP contribution in [0.1, 0.15) is 25.0 Å². The zero-order chi connectivity index (χ0) is 30.0. The molecule has 0 spiro atoms. The van der Waals surface area contributed by atoms with Crippen LogP contribution in [0.5, 0.6) is 11.5 Å². The first-order valence-electron chi connectivity index (χ1n) is 12.0. The van der Waals surface area contributed by atoms with Gasteiger partial charge in [0.15, 0.2) is 0 Å². The Kier molecular flexibility index (Phi) is 11.4. The molecule has 2 aromatic rings. The first-order chi connectivity index (χ1) is 18.6. The molecule has 0 saturated carbocycles. The molecule has 2 aromatic carbocycles. The molecule has 0 heterocycles. The lowest BCUT2D eigenvalue weighted by Crippen LogP contribution is -2.55. The van der Waals surface area contributed by atoms with Gasteiger partial charge in [-0.2, -0.15) is 8.42 Å². The average molecular weight is 581 g/mol. The molecule has 4 amide bonds. The smallest absolute Gasteiger partial charge is 0.294 e. The largest absolute Gasteiger partial charge is 0.508 e. The number of aliphatic hydroxyl groups excluding tert-OH is 1. The molecule has 218 valence electrons. The number of phenols is 2. The third-order valence-electron chi connectivity index (χ3n) is 5.63. The third kappa shape index (κ3) is 10.5. The maximum atomic E-state index is 12.7. The van der Waals surface area contributed by atoms with E-state index in [1.165, 1.54) is 50.2 Å². The number of hydrogen-bond acceptors (Lipinski definition) is 9. The molecular weight excluding hydrogens is 548 g/mol. The Balaban J connectivity index is 1.97. The number of phenolic OH excluding ortho intramolecular Hbond substituents is 2. The van der Waals surface area contributed by atoms with Gasteiger partial charge in [-0.05, 0) is 48.7 Å². The van der Waals surface area contributed by atoms with Gasteiger partial charge in [-0.25, -0.2) is 0 Å². The summed E-state index contributed by atoms with van der Waals surface area (Å²) in [6.45, 7) is 1.93. The molecule has 0 saturated heterocycles. The number of hydrogen-bond donors (Lipinski definition) is 8. The minimum atomic E-state index is -4.97. The number of aliphatic hydroxyl groups is 1. The molecule has 15 heteroatoms. The Hall–Kier alpha value is -4.21. The van der Waals surface area contributed by atoms with Crippen LogP contribution >= 0.6 is 0 Å². The Morgan fingerprint density at radius 1 is 0.800 bits per heavy atom. The summed E-state index contributed by atoms with van der Waals surface area (Å²) in [5.41, 5.74) is -1.33. The van der Waals surface area contributed by atoms with Crippen LogP contribution in [0.3, 0.4) is 0 Å². The lowest BCUT2D eigenvalue weighted by Gasteiger charge is -2.24. The zero-order valence-corrected chi connectivity index (χ0v) is 22.5. The number of carbonyl (C=O) groups is 4. The van der Waals surface area contributed by atoms with Gasteiger partial charge in [0.1, 0.15) is 23.6 Å². The van der Waals surface area contributed by atoms with Crippen LogP contribution in [-0.2, 0) is 42.1 Å². The topological polar surface area (TPSA) is 231 Å². The number of amides is 4. The van der Waals surface area contributed by atoms with Crippen molar-refractivity contribution in [2.75, 3.05) is 6.54 Å². The normalized spacial score (nSPS) is 14.2. The van der Waals surface area contributed by atoms with Crippen LogP contribution < -0.4 is 21.3 Å². The van der Waals surface area contributed by atoms with Crippen molar-refractivity contribution in [1.82, 2.24) is 21.3 Å². The van der Waals surface area contributed by atoms with Gasteiger partial charge < -0.3 is 36.6 Å². The van der Waals surface area contributed by atoms with Gasteiger partial charge in [0.05, 0.1) is 12.6 Å². The third-order valence-corrected chi connectivity index (χ3v) is 6.57. The van der Waals surface area contributed by atoms with Crippen LogP contribution in [0.25, 0.3) is 0 Å². The van der Waals surface area contributed by atoms with Crippen LogP contribution in [0.2, 0.25) is 0 Å². The highest BCUT2D eigenvalue weighted by Crippen LogP contribution is 2.15. The zero-order valence-electron chi connectivity index (χ0n) is 21.7. The van der Waals surface area contributed by atoms with Gasteiger partial charge in [0, 0.05) is 13.3 Å². The quantitative estimate of drug-likeness (QED) is 0.130. The SMILES string of the molecule is CC(=O)N[C@@H](Cc1ccc(O)cc1)C(=O)NCC(=O)N[C@@H](C)C(=O)NC(Cc1ccc(O)cc1)C(O)S(=O)(=O)O. The average Bonchev–Trinajstić information content (AvgIpc) is 2.87. The summed E-state index contributed by atoms with van der Waals surface area (Å²) in [6.07, 6.45) is -0.167. The first-order valence-corrected chi connectivity index (χ1v) is 13.5. The van der Waals surface area contributed by atoms with Crippen molar-refractivity contribution in [2.24, 2.45) is 0 Å². The highest BCUT2D eigenvalue weighted by molar-refractivity contribution is 7.86. The molecule has 14 nitrogen and oxygen atoms in total. The van der Waals surface area contributed by atoms with E-state index in [2.05, 4.69) is 21.3 Å². The second-order valence-electron chi connectivity index (χ2n) is 9.02. The highest BCUT2D eigenvalue weighted by Gasteiger charge is 2.33. The molecule has 4 atom stereocenters. The van der Waals surface area contributed by atoms with Crippen molar-refractivity contribution in [1.29, 1.82) is 0 Å². The molecule has 0 aliphatic carbocycles. The van der Waals surface area contributed by atoms with Gasteiger partial charge in [0.25, 0.3) is 10.1 Å². The minimum absolute atomic E-state index is 0.0262. The molecule has 2 rings (SSSR count). The lowest BCUT2D eigenvalue weighted by molar-refractivity contribution is -0.131. The van der Waals surface area contributed by atoms with E-state index in [1.807, 2.05) is 0 Å². The van der Waals surface area contributed by atoms with Crippen molar-refractivity contribution in [3.63, 3.8) is 0 Å². The van der Waals surface area contributed by atoms with E-state index in [4.69, 9.17) is 0 Å². The van der Waals surface area contributed by atoms with Gasteiger partial charge >= 0.3 is 0 Å². The fourth-order valence-electron chi connectivity index (χ4n) is 3.60. The summed E-state index contributed by atoms with van der Waals surface area (Å²) >= 11 is 0. The molecule has 0 aliphatic rings. The van der Waals surface area contributed by atoms with Crippen molar-refractivity contribution >= 4 is 33.7 Å². The summed E-state index contributed by atoms with van der Waals surface area (Å²) in [6, 6.07) is 7.66. The molecule has 40 heavy (non-hydrogen) atoms. The van der Waals surface area contributed by atoms with Gasteiger partial charge in [-0.3, -0.25) is 23.7 Å². The summed E-state index contributed by atoms with van der Waals surface area (Å²) in [4.78, 5) is 49.2. The molecule has 2 unspecified atom stereocenters. The lowest BCUT2D eigenvalue weighted by atomic mass is 10.0. The van der Waals surface area contributed by atoms with E-state index in [9.17, 15) is 47.5 Å². The molecule has 0 radical (unpaired) electrons. The second-order valence-corrected chi connectivity index (χ2v) is 10.5.